The predicted molar refractivity (Wildman–Crippen MR) is 122 cm³/mol. The van der Waals surface area contributed by atoms with Crippen molar-refractivity contribution in [2.24, 2.45) is 16.8 Å². The minimum Gasteiger partial charge on any atom is -0.369 e. The van der Waals surface area contributed by atoms with Gasteiger partial charge in [-0.05, 0) is 44.5 Å². The lowest BCUT2D eigenvalue weighted by molar-refractivity contribution is -0.134. The van der Waals surface area contributed by atoms with E-state index in [4.69, 9.17) is 22.4 Å². The van der Waals surface area contributed by atoms with Crippen LogP contribution in [0.15, 0.2) is 53.6 Å². The number of halogens is 1. The number of hydrogen-bond donors (Lipinski definition) is 1. The van der Waals surface area contributed by atoms with Crippen LogP contribution in [0.5, 0.6) is 0 Å². The largest absolute Gasteiger partial charge is 0.369 e. The maximum absolute atomic E-state index is 13.3. The number of primary amides is 1. The SMILES string of the molecule is Cc1ccc(C2CC(c3ccccc3Cl)=NN2C(=O)CN2CCC(C(N)=O)CC2)cc1. The van der Waals surface area contributed by atoms with Gasteiger partial charge in [0, 0.05) is 22.9 Å². The summed E-state index contributed by atoms with van der Waals surface area (Å²) in [5, 5.41) is 6.97. The van der Waals surface area contributed by atoms with Gasteiger partial charge in [0.1, 0.15) is 0 Å². The van der Waals surface area contributed by atoms with Crippen LogP contribution in [0.3, 0.4) is 0 Å². The van der Waals surface area contributed by atoms with Crippen LogP contribution in [0.2, 0.25) is 5.02 Å². The van der Waals surface area contributed by atoms with Crippen LogP contribution in [0.1, 0.15) is 42.0 Å². The molecule has 0 aliphatic carbocycles. The van der Waals surface area contributed by atoms with E-state index in [1.54, 1.807) is 5.01 Å². The van der Waals surface area contributed by atoms with Gasteiger partial charge in [-0.25, -0.2) is 5.01 Å². The molecule has 1 unspecified atom stereocenters. The van der Waals surface area contributed by atoms with Crippen molar-refractivity contribution >= 4 is 29.1 Å². The van der Waals surface area contributed by atoms with Gasteiger partial charge < -0.3 is 5.73 Å². The second-order valence-corrected chi connectivity index (χ2v) is 8.76. The maximum Gasteiger partial charge on any atom is 0.257 e. The zero-order valence-corrected chi connectivity index (χ0v) is 18.4. The van der Waals surface area contributed by atoms with Crippen molar-refractivity contribution in [1.29, 1.82) is 0 Å². The molecule has 0 spiro atoms. The molecule has 2 amide bonds. The van der Waals surface area contributed by atoms with Crippen LogP contribution in [-0.2, 0) is 9.59 Å². The Balaban J connectivity index is 1.55. The number of benzene rings is 2. The fourth-order valence-corrected chi connectivity index (χ4v) is 4.53. The van der Waals surface area contributed by atoms with E-state index in [0.29, 0.717) is 37.4 Å². The highest BCUT2D eigenvalue weighted by atomic mass is 35.5. The van der Waals surface area contributed by atoms with Crippen molar-refractivity contribution in [2.75, 3.05) is 19.6 Å². The molecule has 6 nitrogen and oxygen atoms in total. The zero-order chi connectivity index (χ0) is 22.0. The molecule has 0 saturated carbocycles. The average Bonchev–Trinajstić information content (AvgIpc) is 3.20. The third kappa shape index (κ3) is 4.81. The summed E-state index contributed by atoms with van der Waals surface area (Å²) in [6.45, 7) is 3.68. The highest BCUT2D eigenvalue weighted by molar-refractivity contribution is 6.34. The summed E-state index contributed by atoms with van der Waals surface area (Å²) in [5.74, 6) is -0.396. The normalized spacial score (nSPS) is 20.0. The Bertz CT molecular complexity index is 997. The van der Waals surface area contributed by atoms with Gasteiger partial charge >= 0.3 is 0 Å². The number of aryl methyl sites for hydroxylation is 1. The Morgan fingerprint density at radius 3 is 2.42 bits per heavy atom. The Labute approximate surface area is 187 Å². The monoisotopic (exact) mass is 438 g/mol. The van der Waals surface area contributed by atoms with Crippen LogP contribution in [0.4, 0.5) is 0 Å². The smallest absolute Gasteiger partial charge is 0.257 e. The van der Waals surface area contributed by atoms with E-state index in [9.17, 15) is 9.59 Å². The lowest BCUT2D eigenvalue weighted by Crippen LogP contribution is -2.44. The highest BCUT2D eigenvalue weighted by Gasteiger charge is 2.35. The summed E-state index contributed by atoms with van der Waals surface area (Å²) in [7, 11) is 0. The third-order valence-corrected chi connectivity index (χ3v) is 6.49. The number of hydrazone groups is 1. The van der Waals surface area contributed by atoms with Crippen molar-refractivity contribution in [3.8, 4) is 0 Å². The maximum atomic E-state index is 13.3. The van der Waals surface area contributed by atoms with Crippen LogP contribution in [0, 0.1) is 12.8 Å². The molecule has 2 aromatic rings. The number of amides is 2. The molecule has 0 bridgehead atoms. The summed E-state index contributed by atoms with van der Waals surface area (Å²) < 4.78 is 0. The minimum atomic E-state index is -0.251. The number of nitrogens with two attached hydrogens (primary N) is 1. The Hall–Kier alpha value is -2.70. The van der Waals surface area contributed by atoms with Gasteiger partial charge in [-0.3, -0.25) is 14.5 Å². The lowest BCUT2D eigenvalue weighted by Gasteiger charge is -2.31. The molecule has 2 aromatic carbocycles. The van der Waals surface area contributed by atoms with Gasteiger partial charge in [0.25, 0.3) is 5.91 Å². The number of rotatable bonds is 5. The Morgan fingerprint density at radius 1 is 1.10 bits per heavy atom. The molecule has 1 saturated heterocycles. The number of nitrogens with zero attached hydrogens (tertiary/aromatic N) is 3. The number of carbonyl (C=O) groups excluding carboxylic acids is 2. The van der Waals surface area contributed by atoms with Crippen molar-refractivity contribution in [2.45, 2.75) is 32.2 Å². The number of likely N-dealkylation sites (tertiary alicyclic amines) is 1. The van der Waals surface area contributed by atoms with Crippen molar-refractivity contribution in [3.05, 3.63) is 70.2 Å². The van der Waals surface area contributed by atoms with E-state index in [1.165, 1.54) is 5.56 Å². The summed E-state index contributed by atoms with van der Waals surface area (Å²) >= 11 is 6.41. The molecule has 0 radical (unpaired) electrons. The summed E-state index contributed by atoms with van der Waals surface area (Å²) in [4.78, 5) is 26.8. The first-order valence-corrected chi connectivity index (χ1v) is 11.0. The molecule has 0 aromatic heterocycles. The highest BCUT2D eigenvalue weighted by Crippen LogP contribution is 2.34. The molecule has 1 fully saturated rings. The standard InChI is InChI=1S/C24H27ClN4O2/c1-16-6-8-17(9-7-16)22-14-21(19-4-2-3-5-20(19)25)27-29(22)23(30)15-28-12-10-18(11-13-28)24(26)31/h2-9,18,22H,10-15H2,1H3,(H2,26,31). The molecule has 31 heavy (non-hydrogen) atoms. The molecule has 2 heterocycles. The van der Waals surface area contributed by atoms with Crippen LogP contribution < -0.4 is 5.73 Å². The van der Waals surface area contributed by atoms with Crippen LogP contribution >= 0.6 is 11.6 Å². The van der Waals surface area contributed by atoms with Crippen LogP contribution in [0.25, 0.3) is 0 Å². The van der Waals surface area contributed by atoms with Crippen molar-refractivity contribution < 1.29 is 9.59 Å². The van der Waals surface area contributed by atoms with E-state index >= 15 is 0 Å². The van der Waals surface area contributed by atoms with Gasteiger partial charge in [0.15, 0.2) is 0 Å². The number of hydrogen-bond acceptors (Lipinski definition) is 4. The number of carbonyl (C=O) groups is 2. The molecule has 1 atom stereocenters. The van der Waals surface area contributed by atoms with Crippen molar-refractivity contribution in [3.63, 3.8) is 0 Å². The first-order chi connectivity index (χ1) is 14.9. The molecule has 7 heteroatoms. The summed E-state index contributed by atoms with van der Waals surface area (Å²) in [5.41, 5.74) is 9.33. The lowest BCUT2D eigenvalue weighted by atomic mass is 9.96. The second kappa shape index (κ2) is 9.20. The first-order valence-electron chi connectivity index (χ1n) is 10.6. The Morgan fingerprint density at radius 2 is 1.77 bits per heavy atom. The predicted octanol–water partition coefficient (Wildman–Crippen LogP) is 3.52. The average molecular weight is 439 g/mol. The number of piperidine rings is 1. The van der Waals surface area contributed by atoms with Gasteiger partial charge in [-0.1, -0.05) is 59.6 Å². The fourth-order valence-electron chi connectivity index (χ4n) is 4.29. The molecule has 2 N–H and O–H groups in total. The van der Waals surface area contributed by atoms with Gasteiger partial charge in [0.05, 0.1) is 18.3 Å². The molecular weight excluding hydrogens is 412 g/mol. The van der Waals surface area contributed by atoms with E-state index in [-0.39, 0.29) is 30.3 Å². The van der Waals surface area contributed by atoms with Gasteiger partial charge in [0.2, 0.25) is 5.91 Å². The van der Waals surface area contributed by atoms with Gasteiger partial charge in [-0.2, -0.15) is 5.10 Å². The van der Waals surface area contributed by atoms with E-state index < -0.39 is 0 Å². The summed E-state index contributed by atoms with van der Waals surface area (Å²) in [6.07, 6.45) is 2.00. The summed E-state index contributed by atoms with van der Waals surface area (Å²) in [6, 6.07) is 15.7. The zero-order valence-electron chi connectivity index (χ0n) is 17.6. The van der Waals surface area contributed by atoms with E-state index in [1.807, 2.05) is 31.2 Å². The first kappa shape index (κ1) is 21.5. The third-order valence-electron chi connectivity index (χ3n) is 6.16. The second-order valence-electron chi connectivity index (χ2n) is 8.35. The van der Waals surface area contributed by atoms with E-state index in [0.717, 1.165) is 16.8 Å². The Kier molecular flexibility index (Phi) is 6.39. The van der Waals surface area contributed by atoms with Crippen molar-refractivity contribution in [1.82, 2.24) is 9.91 Å². The van der Waals surface area contributed by atoms with Crippen LogP contribution in [-0.4, -0.2) is 47.1 Å². The topological polar surface area (TPSA) is 79.0 Å². The minimum absolute atomic E-state index is 0.0508. The molecule has 2 aliphatic heterocycles. The molecule has 4 rings (SSSR count). The molecular formula is C24H27ClN4O2. The van der Waals surface area contributed by atoms with Gasteiger partial charge in [-0.15, -0.1) is 0 Å². The molecule has 2 aliphatic rings. The fraction of sp³-hybridized carbons (Fsp3) is 0.375. The molecule has 162 valence electrons. The quantitative estimate of drug-likeness (QED) is 0.775. The van der Waals surface area contributed by atoms with E-state index in [2.05, 4.69) is 29.2 Å².